The number of aromatic nitrogens is 3. The number of fused-ring (bicyclic) bond motifs is 2. The Kier molecular flexibility index (Phi) is 8.49. The Morgan fingerprint density at radius 1 is 1.17 bits per heavy atom. The van der Waals surface area contributed by atoms with Crippen LogP contribution in [-0.2, 0) is 4.79 Å². The summed E-state index contributed by atoms with van der Waals surface area (Å²) in [7, 11) is 1.44. The molecular formula is C34H33ClFN7O3S. The Morgan fingerprint density at radius 2 is 1.89 bits per heavy atom. The fourth-order valence-electron chi connectivity index (χ4n) is 6.31. The van der Waals surface area contributed by atoms with Crippen molar-refractivity contribution >= 4 is 66.7 Å². The van der Waals surface area contributed by atoms with Gasteiger partial charge in [0.15, 0.2) is 10.9 Å². The number of nitrogen functional groups attached to an aromatic ring is 1. The van der Waals surface area contributed by atoms with Gasteiger partial charge in [0.2, 0.25) is 5.91 Å². The minimum atomic E-state index is -0.758. The van der Waals surface area contributed by atoms with E-state index in [1.165, 1.54) is 29.0 Å². The zero-order valence-corrected chi connectivity index (χ0v) is 27.9. The molecular weight excluding hydrogens is 641 g/mol. The molecule has 6 rings (SSSR count). The summed E-state index contributed by atoms with van der Waals surface area (Å²) in [4.78, 5) is 53.4. The van der Waals surface area contributed by atoms with Crippen molar-refractivity contribution in [1.29, 1.82) is 0 Å². The van der Waals surface area contributed by atoms with Crippen molar-refractivity contribution in [2.75, 3.05) is 43.9 Å². The summed E-state index contributed by atoms with van der Waals surface area (Å²) in [5.41, 5.74) is 7.91. The number of aryl methyl sites for hydroxylation is 1. The van der Waals surface area contributed by atoms with Crippen LogP contribution in [0.1, 0.15) is 41.4 Å². The molecule has 47 heavy (non-hydrogen) atoms. The fourth-order valence-corrected chi connectivity index (χ4v) is 7.36. The Morgan fingerprint density at radius 3 is 2.55 bits per heavy atom. The highest BCUT2D eigenvalue weighted by Crippen LogP contribution is 2.44. The number of thiazole rings is 1. The van der Waals surface area contributed by atoms with Gasteiger partial charge in [0.05, 0.1) is 37.8 Å². The zero-order chi connectivity index (χ0) is 33.7. The van der Waals surface area contributed by atoms with Gasteiger partial charge >= 0.3 is 0 Å². The van der Waals surface area contributed by atoms with E-state index in [-0.39, 0.29) is 57.7 Å². The van der Waals surface area contributed by atoms with Crippen molar-refractivity contribution in [2.24, 2.45) is 0 Å². The Balaban J connectivity index is 1.78. The van der Waals surface area contributed by atoms with Crippen LogP contribution in [-0.4, -0.2) is 64.5 Å². The lowest BCUT2D eigenvalue weighted by Crippen LogP contribution is -2.49. The fraction of sp³-hybridized carbons (Fsp3) is 0.265. The van der Waals surface area contributed by atoms with Crippen LogP contribution in [0.4, 0.5) is 15.2 Å². The quantitative estimate of drug-likeness (QED) is 0.223. The summed E-state index contributed by atoms with van der Waals surface area (Å²) in [6, 6.07) is 8.67. The van der Waals surface area contributed by atoms with Crippen molar-refractivity contribution < 1.29 is 14.0 Å². The number of nitrogens with zero attached hydrogens (tertiary/aromatic N) is 5. The topological polar surface area (TPSA) is 126 Å². The van der Waals surface area contributed by atoms with Crippen LogP contribution in [0.25, 0.3) is 37.9 Å². The van der Waals surface area contributed by atoms with Crippen LogP contribution in [0.2, 0.25) is 5.02 Å². The average Bonchev–Trinajstić information content (AvgIpc) is 3.45. The molecule has 2 amide bonds. The van der Waals surface area contributed by atoms with E-state index >= 15 is 4.39 Å². The molecule has 2 aromatic carbocycles. The van der Waals surface area contributed by atoms with E-state index in [2.05, 4.69) is 21.9 Å². The molecule has 3 N–H and O–H groups in total. The number of halogens is 2. The number of anilines is 2. The number of nitrogens with two attached hydrogens (primary N) is 1. The summed E-state index contributed by atoms with van der Waals surface area (Å²) in [5.74, 6) is -1.76. The lowest BCUT2D eigenvalue weighted by atomic mass is 9.97. The minimum absolute atomic E-state index is 0.0518. The second-order valence-corrected chi connectivity index (χ2v) is 13.1. The molecule has 0 aliphatic carbocycles. The molecule has 13 heteroatoms. The molecule has 0 atom stereocenters. The van der Waals surface area contributed by atoms with Crippen LogP contribution in [0.15, 0.2) is 54.0 Å². The number of hydrogen-bond donors (Lipinski definition) is 2. The minimum Gasteiger partial charge on any atom is -0.375 e. The molecule has 5 aromatic rings. The van der Waals surface area contributed by atoms with E-state index in [1.54, 1.807) is 35.4 Å². The maximum Gasteiger partial charge on any atom is 0.270 e. The number of hydrogen-bond acceptors (Lipinski definition) is 8. The van der Waals surface area contributed by atoms with Gasteiger partial charge in [-0.05, 0) is 42.7 Å². The normalized spacial score (nSPS) is 13.5. The van der Waals surface area contributed by atoms with Crippen LogP contribution < -0.4 is 21.5 Å². The van der Waals surface area contributed by atoms with E-state index in [0.29, 0.717) is 46.2 Å². The van der Waals surface area contributed by atoms with E-state index in [0.717, 1.165) is 4.70 Å². The van der Waals surface area contributed by atoms with Gasteiger partial charge in [-0.15, -0.1) is 0 Å². The molecule has 1 aliphatic heterocycles. The third kappa shape index (κ3) is 5.31. The van der Waals surface area contributed by atoms with Gasteiger partial charge in [-0.25, -0.2) is 9.37 Å². The molecule has 4 heterocycles. The van der Waals surface area contributed by atoms with Crippen molar-refractivity contribution in [1.82, 2.24) is 24.8 Å². The van der Waals surface area contributed by atoms with Gasteiger partial charge in [0, 0.05) is 55.9 Å². The number of piperazine rings is 1. The Hall–Kier alpha value is -4.81. The lowest BCUT2D eigenvalue weighted by molar-refractivity contribution is -0.126. The highest BCUT2D eigenvalue weighted by atomic mass is 35.5. The molecule has 0 unspecified atom stereocenters. The van der Waals surface area contributed by atoms with Crippen molar-refractivity contribution in [3.63, 3.8) is 0 Å². The summed E-state index contributed by atoms with van der Waals surface area (Å²) in [6.45, 7) is 10.4. The number of carbonyl (C=O) groups is 2. The SMILES string of the molecule is C=CC(=O)N1CCN(c2c(C(=O)NC)c(=O)n(-c3c(C)ccnc3C(C)C)c3c(F)c(-c4cccc5sc(N)nc45)c(Cl)cc23)CC1. The summed E-state index contributed by atoms with van der Waals surface area (Å²) in [5, 5.41) is 3.25. The monoisotopic (exact) mass is 673 g/mol. The Labute approximate surface area is 279 Å². The molecule has 1 saturated heterocycles. The molecule has 242 valence electrons. The highest BCUT2D eigenvalue weighted by molar-refractivity contribution is 7.22. The number of carbonyl (C=O) groups excluding carboxylic acids is 2. The van der Waals surface area contributed by atoms with Gasteiger partial charge < -0.3 is 20.9 Å². The molecule has 0 bridgehead atoms. The van der Waals surface area contributed by atoms with Crippen molar-refractivity contribution in [2.45, 2.75) is 26.7 Å². The smallest absolute Gasteiger partial charge is 0.270 e. The second kappa shape index (κ2) is 12.4. The number of para-hydroxylation sites is 1. The number of benzene rings is 2. The first-order valence-electron chi connectivity index (χ1n) is 15.1. The van der Waals surface area contributed by atoms with Crippen LogP contribution in [0, 0.1) is 12.7 Å². The molecule has 0 radical (unpaired) electrons. The maximum absolute atomic E-state index is 17.6. The van der Waals surface area contributed by atoms with Crippen LogP contribution in [0.5, 0.6) is 0 Å². The molecule has 1 fully saturated rings. The predicted molar refractivity (Wildman–Crippen MR) is 187 cm³/mol. The van der Waals surface area contributed by atoms with Gasteiger partial charge in [-0.2, -0.15) is 0 Å². The number of pyridine rings is 2. The number of amides is 2. The predicted octanol–water partition coefficient (Wildman–Crippen LogP) is 5.66. The van der Waals surface area contributed by atoms with Gasteiger partial charge in [-0.1, -0.05) is 55.5 Å². The molecule has 3 aromatic heterocycles. The second-order valence-electron chi connectivity index (χ2n) is 11.6. The first-order valence-corrected chi connectivity index (χ1v) is 16.3. The van der Waals surface area contributed by atoms with Gasteiger partial charge in [-0.3, -0.25) is 23.9 Å². The highest BCUT2D eigenvalue weighted by Gasteiger charge is 2.33. The van der Waals surface area contributed by atoms with E-state index in [1.807, 2.05) is 31.7 Å². The molecule has 10 nitrogen and oxygen atoms in total. The van der Waals surface area contributed by atoms with Crippen LogP contribution >= 0.6 is 22.9 Å². The third-order valence-corrected chi connectivity index (χ3v) is 9.64. The number of nitrogens with one attached hydrogen (secondary N) is 1. The average molecular weight is 674 g/mol. The number of rotatable bonds is 6. The summed E-state index contributed by atoms with van der Waals surface area (Å²) >= 11 is 8.25. The molecule has 0 spiro atoms. The zero-order valence-electron chi connectivity index (χ0n) is 26.4. The van der Waals surface area contributed by atoms with E-state index < -0.39 is 17.3 Å². The first-order chi connectivity index (χ1) is 22.5. The van der Waals surface area contributed by atoms with Crippen molar-refractivity contribution in [3.8, 4) is 16.8 Å². The maximum atomic E-state index is 17.6. The van der Waals surface area contributed by atoms with E-state index in [4.69, 9.17) is 17.3 Å². The summed E-state index contributed by atoms with van der Waals surface area (Å²) in [6.07, 6.45) is 2.89. The van der Waals surface area contributed by atoms with Gasteiger partial charge in [0.25, 0.3) is 11.5 Å². The largest absolute Gasteiger partial charge is 0.375 e. The summed E-state index contributed by atoms with van der Waals surface area (Å²) < 4.78 is 19.6. The van der Waals surface area contributed by atoms with Crippen LogP contribution in [0.3, 0.4) is 0 Å². The standard InChI is InChI=1S/C34H33ClFN7O3S/c1-6-23(44)41-12-14-42(15-13-41)30-20-16-21(35)24(19-8-7-9-22-28(19)40-34(37)47-22)26(36)31(20)43(33(46)25(30)32(45)38-5)29-18(4)10-11-39-27(29)17(2)3/h6-11,16-17H,1,12-15H2,2-5H3,(H2,37,40)(H,38,45). The first kappa shape index (κ1) is 32.1. The lowest BCUT2D eigenvalue weighted by Gasteiger charge is -2.37. The van der Waals surface area contributed by atoms with E-state index in [9.17, 15) is 14.4 Å². The Bertz CT molecular complexity index is 2170. The molecule has 0 saturated carbocycles. The molecule has 1 aliphatic rings. The van der Waals surface area contributed by atoms with Gasteiger partial charge in [0.1, 0.15) is 5.56 Å². The van der Waals surface area contributed by atoms with Crippen molar-refractivity contribution in [3.05, 3.63) is 87.2 Å². The third-order valence-electron chi connectivity index (χ3n) is 8.49.